The molecule has 9 nitrogen and oxygen atoms in total. The van der Waals surface area contributed by atoms with Gasteiger partial charge in [0.25, 0.3) is 0 Å². The molecule has 3 aromatic rings. The minimum atomic E-state index is -3.69. The summed E-state index contributed by atoms with van der Waals surface area (Å²) in [7, 11) is -2.02. The van der Waals surface area contributed by atoms with E-state index >= 15 is 0 Å². The topological polar surface area (TPSA) is 96.7 Å². The van der Waals surface area contributed by atoms with Crippen LogP contribution in [0.2, 0.25) is 0 Å². The summed E-state index contributed by atoms with van der Waals surface area (Å²) in [6.07, 6.45) is 3.23. The third kappa shape index (κ3) is 4.85. The summed E-state index contributed by atoms with van der Waals surface area (Å²) >= 11 is 0. The number of sulfonamides is 1. The largest absolute Gasteiger partial charge is 0.370 e. The van der Waals surface area contributed by atoms with Gasteiger partial charge in [0.1, 0.15) is 6.54 Å². The van der Waals surface area contributed by atoms with Crippen LogP contribution in [0.25, 0.3) is 11.0 Å². The summed E-state index contributed by atoms with van der Waals surface area (Å²) in [5, 5.41) is 2.91. The average Bonchev–Trinajstić information content (AvgIpc) is 3.10. The van der Waals surface area contributed by atoms with Crippen LogP contribution in [-0.2, 0) is 28.4 Å². The molecule has 10 heteroatoms. The zero-order chi connectivity index (χ0) is 25.2. The quantitative estimate of drug-likeness (QED) is 0.514. The smallest absolute Gasteiger partial charge is 0.329 e. The number of hydrogen-bond donors (Lipinski definition) is 1. The molecule has 188 valence electrons. The Labute approximate surface area is 206 Å². The number of rotatable bonds is 8. The first-order chi connectivity index (χ1) is 16.8. The van der Waals surface area contributed by atoms with E-state index in [0.29, 0.717) is 24.3 Å². The highest BCUT2D eigenvalue weighted by Crippen LogP contribution is 2.32. The van der Waals surface area contributed by atoms with E-state index in [0.717, 1.165) is 43.6 Å². The lowest BCUT2D eigenvalue weighted by molar-refractivity contribution is -0.116. The third-order valence-electron chi connectivity index (χ3n) is 6.64. The molecule has 0 aliphatic carbocycles. The van der Waals surface area contributed by atoms with Crippen molar-refractivity contribution >= 4 is 38.3 Å². The molecule has 1 amide bonds. The van der Waals surface area contributed by atoms with Crippen molar-refractivity contribution in [1.82, 2.24) is 13.4 Å². The van der Waals surface area contributed by atoms with Crippen molar-refractivity contribution in [2.75, 3.05) is 36.4 Å². The molecule has 0 atom stereocenters. The Balaban J connectivity index is 1.69. The summed E-state index contributed by atoms with van der Waals surface area (Å²) in [5.41, 5.74) is 2.37. The van der Waals surface area contributed by atoms with E-state index in [1.54, 1.807) is 45.2 Å². The Morgan fingerprint density at radius 3 is 2.31 bits per heavy atom. The molecule has 0 spiro atoms. The predicted octanol–water partition coefficient (Wildman–Crippen LogP) is 3.00. The second-order valence-corrected chi connectivity index (χ2v) is 10.7. The van der Waals surface area contributed by atoms with Gasteiger partial charge in [-0.15, -0.1) is 0 Å². The Kier molecular flexibility index (Phi) is 7.32. The maximum atomic E-state index is 13.2. The van der Waals surface area contributed by atoms with Crippen molar-refractivity contribution < 1.29 is 13.2 Å². The standard InChI is InChI=1S/C25H33N5O4S/c1-4-29(5-2)35(33,34)19-13-14-21(28-15-9-6-10-16-28)20(17-19)26-24(31)18-30-23-12-8-7-11-22(23)27(3)25(30)32/h7-8,11-14,17H,4-6,9-10,15-16,18H2,1-3H3,(H,26,31). The van der Waals surface area contributed by atoms with E-state index < -0.39 is 10.0 Å². The number of nitrogens with zero attached hydrogens (tertiary/aromatic N) is 4. The normalized spacial score (nSPS) is 14.6. The van der Waals surface area contributed by atoms with Crippen molar-refractivity contribution in [2.45, 2.75) is 44.6 Å². The van der Waals surface area contributed by atoms with Crippen molar-refractivity contribution in [1.29, 1.82) is 0 Å². The first-order valence-corrected chi connectivity index (χ1v) is 13.5. The van der Waals surface area contributed by atoms with Gasteiger partial charge < -0.3 is 10.2 Å². The zero-order valence-corrected chi connectivity index (χ0v) is 21.3. The molecule has 1 N–H and O–H groups in total. The number of hydrogen-bond acceptors (Lipinski definition) is 5. The maximum absolute atomic E-state index is 13.2. The maximum Gasteiger partial charge on any atom is 0.329 e. The van der Waals surface area contributed by atoms with Gasteiger partial charge >= 0.3 is 5.69 Å². The van der Waals surface area contributed by atoms with Crippen molar-refractivity contribution in [2.24, 2.45) is 7.05 Å². The highest BCUT2D eigenvalue weighted by Gasteiger charge is 2.25. The number of anilines is 2. The molecule has 0 bridgehead atoms. The predicted molar refractivity (Wildman–Crippen MR) is 138 cm³/mol. The molecule has 1 aliphatic rings. The average molecular weight is 500 g/mol. The number of imidazole rings is 1. The van der Waals surface area contributed by atoms with Crippen molar-refractivity contribution in [3.8, 4) is 0 Å². The summed E-state index contributed by atoms with van der Waals surface area (Å²) < 4.78 is 30.7. The molecular formula is C25H33N5O4S. The first kappa shape index (κ1) is 25.0. The fourth-order valence-electron chi connectivity index (χ4n) is 4.75. The summed E-state index contributed by atoms with van der Waals surface area (Å²) in [6.45, 7) is 5.83. The number of amides is 1. The number of piperidine rings is 1. The van der Waals surface area contributed by atoms with Gasteiger partial charge in [0.05, 0.1) is 27.3 Å². The Morgan fingerprint density at radius 1 is 1.00 bits per heavy atom. The van der Waals surface area contributed by atoms with Crippen LogP contribution in [0.1, 0.15) is 33.1 Å². The molecule has 0 radical (unpaired) electrons. The van der Waals surface area contributed by atoms with E-state index in [9.17, 15) is 18.0 Å². The summed E-state index contributed by atoms with van der Waals surface area (Å²) in [4.78, 5) is 28.3. The molecule has 0 unspecified atom stereocenters. The molecular weight excluding hydrogens is 466 g/mol. The molecule has 4 rings (SSSR count). The Morgan fingerprint density at radius 2 is 1.66 bits per heavy atom. The van der Waals surface area contributed by atoms with Gasteiger partial charge in [-0.3, -0.25) is 13.9 Å². The second-order valence-electron chi connectivity index (χ2n) is 8.78. The SMILES string of the molecule is CCN(CC)S(=O)(=O)c1ccc(N2CCCCC2)c(NC(=O)Cn2c(=O)n(C)c3ccccc32)c1. The van der Waals surface area contributed by atoms with Crippen molar-refractivity contribution in [3.05, 3.63) is 52.9 Å². The molecule has 2 heterocycles. The van der Waals surface area contributed by atoms with E-state index in [-0.39, 0.29) is 23.0 Å². The fourth-order valence-corrected chi connectivity index (χ4v) is 6.23. The fraction of sp³-hybridized carbons (Fsp3) is 0.440. The number of benzene rings is 2. The third-order valence-corrected chi connectivity index (χ3v) is 8.68. The number of aromatic nitrogens is 2. The molecule has 1 aromatic heterocycles. The van der Waals surface area contributed by atoms with Crippen LogP contribution in [0, 0.1) is 0 Å². The number of nitrogens with one attached hydrogen (secondary N) is 1. The lowest BCUT2D eigenvalue weighted by Crippen LogP contribution is -2.33. The highest BCUT2D eigenvalue weighted by molar-refractivity contribution is 7.89. The minimum absolute atomic E-state index is 0.139. The molecule has 1 fully saturated rings. The number of carbonyl (C=O) groups is 1. The summed E-state index contributed by atoms with van der Waals surface area (Å²) in [5.74, 6) is -0.390. The van der Waals surface area contributed by atoms with E-state index in [4.69, 9.17) is 0 Å². The van der Waals surface area contributed by atoms with Crippen LogP contribution in [0.4, 0.5) is 11.4 Å². The lowest BCUT2D eigenvalue weighted by Gasteiger charge is -2.31. The van der Waals surface area contributed by atoms with Gasteiger partial charge in [-0.05, 0) is 49.6 Å². The van der Waals surface area contributed by atoms with Gasteiger partial charge in [0.2, 0.25) is 15.9 Å². The second kappa shape index (κ2) is 10.2. The molecule has 35 heavy (non-hydrogen) atoms. The van der Waals surface area contributed by atoms with Gasteiger partial charge in [-0.25, -0.2) is 13.2 Å². The number of para-hydroxylation sites is 2. The van der Waals surface area contributed by atoms with Gasteiger partial charge in [0.15, 0.2) is 0 Å². The molecule has 0 saturated carbocycles. The Bertz CT molecular complexity index is 1380. The van der Waals surface area contributed by atoms with Gasteiger partial charge in [0, 0.05) is 33.2 Å². The van der Waals surface area contributed by atoms with E-state index in [1.807, 2.05) is 18.2 Å². The van der Waals surface area contributed by atoms with E-state index in [2.05, 4.69) is 10.2 Å². The number of carbonyl (C=O) groups excluding carboxylic acids is 1. The van der Waals surface area contributed by atoms with Crippen LogP contribution in [0.3, 0.4) is 0 Å². The van der Waals surface area contributed by atoms with Crippen LogP contribution in [0.15, 0.2) is 52.2 Å². The van der Waals surface area contributed by atoms with Gasteiger partial charge in [-0.2, -0.15) is 4.31 Å². The number of fused-ring (bicyclic) bond motifs is 1. The molecule has 2 aromatic carbocycles. The number of aryl methyl sites for hydroxylation is 1. The first-order valence-electron chi connectivity index (χ1n) is 12.1. The minimum Gasteiger partial charge on any atom is -0.370 e. The highest BCUT2D eigenvalue weighted by atomic mass is 32.2. The van der Waals surface area contributed by atoms with Crippen LogP contribution in [-0.4, -0.2) is 53.9 Å². The zero-order valence-electron chi connectivity index (χ0n) is 20.5. The lowest BCUT2D eigenvalue weighted by atomic mass is 10.1. The monoisotopic (exact) mass is 499 g/mol. The molecule has 1 aliphatic heterocycles. The Hall–Kier alpha value is -3.11. The molecule has 1 saturated heterocycles. The van der Waals surface area contributed by atoms with E-state index in [1.165, 1.54) is 13.4 Å². The van der Waals surface area contributed by atoms with Crippen LogP contribution >= 0.6 is 0 Å². The van der Waals surface area contributed by atoms with Crippen molar-refractivity contribution in [3.63, 3.8) is 0 Å². The van der Waals surface area contributed by atoms with Crippen LogP contribution < -0.4 is 15.9 Å². The van der Waals surface area contributed by atoms with Crippen LogP contribution in [0.5, 0.6) is 0 Å². The van der Waals surface area contributed by atoms with Gasteiger partial charge in [-0.1, -0.05) is 26.0 Å². The summed E-state index contributed by atoms with van der Waals surface area (Å²) in [6, 6.07) is 12.2.